The van der Waals surface area contributed by atoms with Gasteiger partial charge in [0.2, 0.25) is 0 Å². The number of pyridine rings is 2. The average molecular weight is 241 g/mol. The largest absolute Gasteiger partial charge is 0.295 e. The molecule has 2 rings (SSSR count). The molecule has 0 unspecified atom stereocenters. The van der Waals surface area contributed by atoms with Crippen LogP contribution < -0.4 is 0 Å². The molecule has 0 N–H and O–H groups in total. The van der Waals surface area contributed by atoms with Crippen molar-refractivity contribution in [3.8, 4) is 0 Å². The Morgan fingerprint density at radius 2 is 1.50 bits per heavy atom. The van der Waals surface area contributed by atoms with Crippen molar-refractivity contribution in [2.45, 2.75) is 26.4 Å². The molecule has 0 bridgehead atoms. The van der Waals surface area contributed by atoms with Crippen LogP contribution in [0.5, 0.6) is 0 Å². The third-order valence-electron chi connectivity index (χ3n) is 2.80. The number of aromatic nitrogens is 2. The maximum Gasteiger partial charge on any atom is 0.0312 e. The van der Waals surface area contributed by atoms with Crippen LogP contribution in [0.3, 0.4) is 0 Å². The highest BCUT2D eigenvalue weighted by Gasteiger charge is 2.06. The second kappa shape index (κ2) is 6.87. The molecule has 0 fully saturated rings. The van der Waals surface area contributed by atoms with Crippen molar-refractivity contribution in [3.63, 3.8) is 0 Å². The van der Waals surface area contributed by atoms with Gasteiger partial charge in [-0.1, -0.05) is 19.1 Å². The molecule has 0 amide bonds. The van der Waals surface area contributed by atoms with Crippen LogP contribution in [0.2, 0.25) is 0 Å². The molecule has 0 aliphatic heterocycles. The molecule has 2 heterocycles. The van der Waals surface area contributed by atoms with E-state index in [4.69, 9.17) is 0 Å². The van der Waals surface area contributed by atoms with Gasteiger partial charge < -0.3 is 0 Å². The van der Waals surface area contributed by atoms with Gasteiger partial charge in [0.05, 0.1) is 0 Å². The minimum Gasteiger partial charge on any atom is -0.295 e. The fraction of sp³-hybridized carbons (Fsp3) is 0.333. The van der Waals surface area contributed by atoms with Crippen molar-refractivity contribution < 1.29 is 0 Å². The third-order valence-corrected chi connectivity index (χ3v) is 2.80. The fourth-order valence-corrected chi connectivity index (χ4v) is 2.03. The van der Waals surface area contributed by atoms with Gasteiger partial charge in [-0.15, -0.1) is 0 Å². The van der Waals surface area contributed by atoms with Crippen molar-refractivity contribution in [2.75, 3.05) is 6.54 Å². The van der Waals surface area contributed by atoms with Gasteiger partial charge in [0.25, 0.3) is 0 Å². The van der Waals surface area contributed by atoms with Gasteiger partial charge in [0.1, 0.15) is 0 Å². The zero-order chi connectivity index (χ0) is 12.6. The lowest BCUT2D eigenvalue weighted by molar-refractivity contribution is 0.257. The van der Waals surface area contributed by atoms with Crippen LogP contribution in [-0.2, 0) is 13.1 Å². The quantitative estimate of drug-likeness (QED) is 0.778. The van der Waals surface area contributed by atoms with Crippen LogP contribution in [0.25, 0.3) is 0 Å². The molecule has 0 aromatic carbocycles. The van der Waals surface area contributed by atoms with E-state index in [0.29, 0.717) is 0 Å². The standard InChI is InChI=1S/C15H19N3/c1-2-9-18(12-14-5-3-7-16-10-14)13-15-6-4-8-17-11-15/h3-8,10-11H,2,9,12-13H2,1H3. The SMILES string of the molecule is CCCN(Cc1cccnc1)Cc1cccnc1. The molecule has 18 heavy (non-hydrogen) atoms. The Bertz CT molecular complexity index is 400. The lowest BCUT2D eigenvalue weighted by atomic mass is 10.2. The monoisotopic (exact) mass is 241 g/mol. The molecule has 0 atom stereocenters. The molecule has 94 valence electrons. The van der Waals surface area contributed by atoms with E-state index >= 15 is 0 Å². The summed E-state index contributed by atoms with van der Waals surface area (Å²) in [6, 6.07) is 8.23. The molecule has 2 aromatic heterocycles. The topological polar surface area (TPSA) is 29.0 Å². The van der Waals surface area contributed by atoms with Gasteiger partial charge in [-0.25, -0.2) is 0 Å². The molecule has 0 aliphatic rings. The molecule has 0 saturated heterocycles. The maximum atomic E-state index is 4.17. The Morgan fingerprint density at radius 3 is 1.89 bits per heavy atom. The molecule has 0 radical (unpaired) electrons. The van der Waals surface area contributed by atoms with Gasteiger partial charge in [0, 0.05) is 37.9 Å². The number of nitrogens with zero attached hydrogens (tertiary/aromatic N) is 3. The number of hydrogen-bond donors (Lipinski definition) is 0. The Hall–Kier alpha value is -1.74. The minimum atomic E-state index is 0.941. The zero-order valence-electron chi connectivity index (χ0n) is 10.8. The van der Waals surface area contributed by atoms with Crippen molar-refractivity contribution in [2.24, 2.45) is 0 Å². The summed E-state index contributed by atoms with van der Waals surface area (Å²) in [6.45, 7) is 5.18. The van der Waals surface area contributed by atoms with E-state index in [2.05, 4.69) is 33.9 Å². The number of rotatable bonds is 6. The predicted molar refractivity (Wildman–Crippen MR) is 72.9 cm³/mol. The van der Waals surface area contributed by atoms with Crippen molar-refractivity contribution >= 4 is 0 Å². The fourth-order valence-electron chi connectivity index (χ4n) is 2.03. The normalized spacial score (nSPS) is 10.8. The first-order chi connectivity index (χ1) is 8.88. The summed E-state index contributed by atoms with van der Waals surface area (Å²) in [7, 11) is 0. The number of hydrogen-bond acceptors (Lipinski definition) is 3. The van der Waals surface area contributed by atoms with Crippen LogP contribution >= 0.6 is 0 Å². The third kappa shape index (κ3) is 3.93. The van der Waals surface area contributed by atoms with E-state index in [0.717, 1.165) is 26.1 Å². The van der Waals surface area contributed by atoms with Gasteiger partial charge in [-0.3, -0.25) is 14.9 Å². The molecular weight excluding hydrogens is 222 g/mol. The van der Waals surface area contributed by atoms with Crippen LogP contribution in [-0.4, -0.2) is 21.4 Å². The smallest absolute Gasteiger partial charge is 0.0312 e. The first-order valence-corrected chi connectivity index (χ1v) is 6.38. The second-order valence-electron chi connectivity index (χ2n) is 4.43. The Kier molecular flexibility index (Phi) is 4.85. The van der Waals surface area contributed by atoms with E-state index in [1.54, 1.807) is 0 Å². The Labute approximate surface area is 109 Å². The van der Waals surface area contributed by atoms with Crippen LogP contribution in [0.15, 0.2) is 49.1 Å². The molecule has 3 heteroatoms. The first kappa shape index (κ1) is 12.7. The summed E-state index contributed by atoms with van der Waals surface area (Å²) in [4.78, 5) is 10.8. The van der Waals surface area contributed by atoms with Crippen molar-refractivity contribution in [1.29, 1.82) is 0 Å². The highest BCUT2D eigenvalue weighted by molar-refractivity contribution is 5.11. The highest BCUT2D eigenvalue weighted by atomic mass is 15.1. The summed E-state index contributed by atoms with van der Waals surface area (Å²) in [5.74, 6) is 0. The van der Waals surface area contributed by atoms with E-state index in [1.165, 1.54) is 11.1 Å². The van der Waals surface area contributed by atoms with Crippen LogP contribution in [0, 0.1) is 0 Å². The van der Waals surface area contributed by atoms with Crippen LogP contribution in [0.4, 0.5) is 0 Å². The highest BCUT2D eigenvalue weighted by Crippen LogP contribution is 2.08. The minimum absolute atomic E-state index is 0.941. The van der Waals surface area contributed by atoms with Crippen LogP contribution in [0.1, 0.15) is 24.5 Å². The zero-order valence-corrected chi connectivity index (χ0v) is 10.8. The Morgan fingerprint density at radius 1 is 0.944 bits per heavy atom. The first-order valence-electron chi connectivity index (χ1n) is 6.38. The van der Waals surface area contributed by atoms with Gasteiger partial charge in [-0.2, -0.15) is 0 Å². The molecule has 0 saturated carbocycles. The van der Waals surface area contributed by atoms with Gasteiger partial charge >= 0.3 is 0 Å². The van der Waals surface area contributed by atoms with Crippen molar-refractivity contribution in [3.05, 3.63) is 60.2 Å². The second-order valence-corrected chi connectivity index (χ2v) is 4.43. The van der Waals surface area contributed by atoms with Crippen molar-refractivity contribution in [1.82, 2.24) is 14.9 Å². The van der Waals surface area contributed by atoms with E-state index in [-0.39, 0.29) is 0 Å². The van der Waals surface area contributed by atoms with Gasteiger partial charge in [-0.05, 0) is 36.2 Å². The summed E-state index contributed by atoms with van der Waals surface area (Å²) in [6.07, 6.45) is 8.65. The predicted octanol–water partition coefficient (Wildman–Crippen LogP) is 2.89. The molecule has 2 aromatic rings. The molecule has 0 aliphatic carbocycles. The lowest BCUT2D eigenvalue weighted by Crippen LogP contribution is -2.23. The maximum absolute atomic E-state index is 4.17. The summed E-state index contributed by atoms with van der Waals surface area (Å²) in [5, 5.41) is 0. The molecular formula is C15H19N3. The molecule has 0 spiro atoms. The summed E-state index contributed by atoms with van der Waals surface area (Å²) < 4.78 is 0. The summed E-state index contributed by atoms with van der Waals surface area (Å²) in [5.41, 5.74) is 2.52. The molecule has 3 nitrogen and oxygen atoms in total. The van der Waals surface area contributed by atoms with Gasteiger partial charge in [0.15, 0.2) is 0 Å². The van der Waals surface area contributed by atoms with E-state index in [9.17, 15) is 0 Å². The van der Waals surface area contributed by atoms with E-state index < -0.39 is 0 Å². The lowest BCUT2D eigenvalue weighted by Gasteiger charge is -2.21. The Balaban J connectivity index is 2.00. The van der Waals surface area contributed by atoms with E-state index in [1.807, 2.05) is 36.9 Å². The average Bonchev–Trinajstić information content (AvgIpc) is 2.41. The summed E-state index contributed by atoms with van der Waals surface area (Å²) >= 11 is 0.